The van der Waals surface area contributed by atoms with Gasteiger partial charge in [-0.2, -0.15) is 0 Å². The first-order valence-electron chi connectivity index (χ1n) is 9.47. The Hall–Kier alpha value is -3.35. The summed E-state index contributed by atoms with van der Waals surface area (Å²) in [7, 11) is 0. The largest absolute Gasteiger partial charge is 0.494 e. The van der Waals surface area contributed by atoms with Crippen molar-refractivity contribution in [3.05, 3.63) is 54.1 Å². The van der Waals surface area contributed by atoms with Crippen molar-refractivity contribution in [2.24, 2.45) is 0 Å². The summed E-state index contributed by atoms with van der Waals surface area (Å²) in [6.45, 7) is 5.39. The van der Waals surface area contributed by atoms with Crippen LogP contribution in [0.2, 0.25) is 0 Å². The Morgan fingerprint density at radius 3 is 2.21 bits per heavy atom. The van der Waals surface area contributed by atoms with Crippen molar-refractivity contribution < 1.29 is 23.9 Å². The Morgan fingerprint density at radius 1 is 0.966 bits per heavy atom. The van der Waals surface area contributed by atoms with Crippen molar-refractivity contribution in [2.75, 3.05) is 17.2 Å². The Kier molecular flexibility index (Phi) is 8.21. The number of hydrogen-bond acceptors (Lipinski definition) is 5. The number of amides is 2. The third-order valence-electron chi connectivity index (χ3n) is 4.02. The van der Waals surface area contributed by atoms with Gasteiger partial charge < -0.3 is 20.1 Å². The van der Waals surface area contributed by atoms with Gasteiger partial charge in [0.1, 0.15) is 5.75 Å². The summed E-state index contributed by atoms with van der Waals surface area (Å²) in [5, 5.41) is 5.32. The van der Waals surface area contributed by atoms with E-state index in [0.717, 1.165) is 11.3 Å². The second-order valence-electron chi connectivity index (χ2n) is 6.42. The lowest BCUT2D eigenvalue weighted by Crippen LogP contribution is -2.30. The second-order valence-corrected chi connectivity index (χ2v) is 6.42. The number of aryl methyl sites for hydroxylation is 1. The minimum absolute atomic E-state index is 0.146. The average Bonchev–Trinajstić information content (AvgIpc) is 2.68. The number of hydrogen-bond donors (Lipinski definition) is 2. The molecule has 2 N–H and O–H groups in total. The smallest absolute Gasteiger partial charge is 0.306 e. The van der Waals surface area contributed by atoms with Gasteiger partial charge in [0.2, 0.25) is 5.91 Å². The minimum atomic E-state index is -0.931. The zero-order valence-electron chi connectivity index (χ0n) is 16.9. The number of nitrogens with one attached hydrogen (secondary N) is 2. The normalized spacial score (nSPS) is 11.3. The molecule has 7 heteroatoms. The van der Waals surface area contributed by atoms with Gasteiger partial charge in [0.05, 0.1) is 6.61 Å². The van der Waals surface area contributed by atoms with Gasteiger partial charge in [-0.1, -0.05) is 18.2 Å². The molecule has 0 aliphatic carbocycles. The molecule has 0 unspecified atom stereocenters. The van der Waals surface area contributed by atoms with Crippen LogP contribution in [-0.4, -0.2) is 30.5 Å². The maximum absolute atomic E-state index is 12.2. The summed E-state index contributed by atoms with van der Waals surface area (Å²) < 4.78 is 10.8. The number of ether oxygens (including phenoxy) is 2. The van der Waals surface area contributed by atoms with Crippen molar-refractivity contribution in [2.45, 2.75) is 39.7 Å². The molecule has 0 bridgehead atoms. The number of carbonyl (C=O) groups is 3. The number of rotatable bonds is 9. The fourth-order valence-corrected chi connectivity index (χ4v) is 2.64. The lowest BCUT2D eigenvalue weighted by atomic mass is 10.1. The van der Waals surface area contributed by atoms with Crippen LogP contribution in [0.15, 0.2) is 48.5 Å². The molecule has 2 amide bonds. The summed E-state index contributed by atoms with van der Waals surface area (Å²) in [6.07, 6.45) is -0.319. The molecule has 0 saturated carbocycles. The molecule has 29 heavy (non-hydrogen) atoms. The first-order valence-corrected chi connectivity index (χ1v) is 9.47. The monoisotopic (exact) mass is 398 g/mol. The van der Waals surface area contributed by atoms with Crippen molar-refractivity contribution in [3.63, 3.8) is 0 Å². The van der Waals surface area contributed by atoms with Crippen LogP contribution < -0.4 is 15.4 Å². The lowest BCUT2D eigenvalue weighted by molar-refractivity contribution is -0.153. The third kappa shape index (κ3) is 7.29. The molecule has 2 aromatic rings. The lowest BCUT2D eigenvalue weighted by Gasteiger charge is -2.14. The standard InChI is InChI=1S/C22H26N2O5/c1-4-28-20-8-6-5-7-17(20)9-14-21(26)29-15(2)22(27)24-19-12-10-18(11-13-19)23-16(3)25/h5-8,10-13,15H,4,9,14H2,1-3H3,(H,23,25)(H,24,27)/t15-/m0/s1. The predicted molar refractivity (Wildman–Crippen MR) is 111 cm³/mol. The third-order valence-corrected chi connectivity index (χ3v) is 4.02. The molecule has 0 fully saturated rings. The highest BCUT2D eigenvalue weighted by Gasteiger charge is 2.18. The van der Waals surface area contributed by atoms with Gasteiger partial charge in [0.15, 0.2) is 6.10 Å². The quantitative estimate of drug-likeness (QED) is 0.630. The maximum atomic E-state index is 12.2. The zero-order chi connectivity index (χ0) is 21.2. The fourth-order valence-electron chi connectivity index (χ4n) is 2.64. The Balaban J connectivity index is 1.82. The molecule has 0 aliphatic rings. The van der Waals surface area contributed by atoms with Gasteiger partial charge in [0, 0.05) is 24.7 Å². The molecule has 2 aromatic carbocycles. The highest BCUT2D eigenvalue weighted by atomic mass is 16.5. The van der Waals surface area contributed by atoms with Crippen LogP contribution in [0.4, 0.5) is 11.4 Å². The van der Waals surface area contributed by atoms with Gasteiger partial charge in [0.25, 0.3) is 5.91 Å². The van der Waals surface area contributed by atoms with E-state index in [4.69, 9.17) is 9.47 Å². The summed E-state index contributed by atoms with van der Waals surface area (Å²) in [4.78, 5) is 35.4. The molecule has 154 valence electrons. The van der Waals surface area contributed by atoms with Crippen molar-refractivity contribution in [3.8, 4) is 5.75 Å². The average molecular weight is 398 g/mol. The highest BCUT2D eigenvalue weighted by Crippen LogP contribution is 2.20. The molecule has 1 atom stereocenters. The Labute approximate surface area is 170 Å². The van der Waals surface area contributed by atoms with E-state index in [0.29, 0.717) is 24.4 Å². The first kappa shape index (κ1) is 21.9. The van der Waals surface area contributed by atoms with E-state index >= 15 is 0 Å². The van der Waals surface area contributed by atoms with Crippen molar-refractivity contribution in [1.82, 2.24) is 0 Å². The van der Waals surface area contributed by atoms with Crippen LogP contribution in [0.5, 0.6) is 5.75 Å². The second kappa shape index (κ2) is 10.8. The molecule has 2 rings (SSSR count). The van der Waals surface area contributed by atoms with Crippen LogP contribution >= 0.6 is 0 Å². The van der Waals surface area contributed by atoms with Crippen LogP contribution in [-0.2, 0) is 25.5 Å². The van der Waals surface area contributed by atoms with Gasteiger partial charge in [-0.3, -0.25) is 14.4 Å². The molecule has 0 radical (unpaired) electrons. The number of carbonyl (C=O) groups excluding carboxylic acids is 3. The maximum Gasteiger partial charge on any atom is 0.306 e. The molecule has 0 spiro atoms. The zero-order valence-corrected chi connectivity index (χ0v) is 16.9. The fraction of sp³-hybridized carbons (Fsp3) is 0.318. The molecule has 0 saturated heterocycles. The van der Waals surface area contributed by atoms with Crippen LogP contribution in [0.3, 0.4) is 0 Å². The van der Waals surface area contributed by atoms with E-state index in [-0.39, 0.29) is 12.3 Å². The van der Waals surface area contributed by atoms with E-state index in [1.165, 1.54) is 13.8 Å². The summed E-state index contributed by atoms with van der Waals surface area (Å²) in [6, 6.07) is 14.2. The summed E-state index contributed by atoms with van der Waals surface area (Å²) >= 11 is 0. The van der Waals surface area contributed by atoms with Crippen molar-refractivity contribution in [1.29, 1.82) is 0 Å². The van der Waals surface area contributed by atoms with Crippen LogP contribution in [0, 0.1) is 0 Å². The van der Waals surface area contributed by atoms with E-state index in [9.17, 15) is 14.4 Å². The highest BCUT2D eigenvalue weighted by molar-refractivity contribution is 5.95. The van der Waals surface area contributed by atoms with E-state index < -0.39 is 18.0 Å². The Bertz CT molecular complexity index is 849. The molecular weight excluding hydrogens is 372 g/mol. The SMILES string of the molecule is CCOc1ccccc1CCC(=O)O[C@@H](C)C(=O)Nc1ccc(NC(C)=O)cc1. The van der Waals surface area contributed by atoms with Crippen molar-refractivity contribution >= 4 is 29.2 Å². The predicted octanol–water partition coefficient (Wildman–Crippen LogP) is 3.55. The summed E-state index contributed by atoms with van der Waals surface area (Å²) in [5.74, 6) is -0.317. The van der Waals surface area contributed by atoms with Crippen LogP contribution in [0.25, 0.3) is 0 Å². The molecule has 0 aliphatic heterocycles. The first-order chi connectivity index (χ1) is 13.9. The van der Waals surface area contributed by atoms with Crippen LogP contribution in [0.1, 0.15) is 32.8 Å². The molecule has 0 aromatic heterocycles. The van der Waals surface area contributed by atoms with Gasteiger partial charge in [-0.05, 0) is 56.2 Å². The molecule has 0 heterocycles. The molecule has 7 nitrogen and oxygen atoms in total. The van der Waals surface area contributed by atoms with E-state index in [1.54, 1.807) is 24.3 Å². The summed E-state index contributed by atoms with van der Waals surface area (Å²) in [5.41, 5.74) is 2.09. The number of para-hydroxylation sites is 1. The number of esters is 1. The van der Waals surface area contributed by atoms with Gasteiger partial charge in [-0.25, -0.2) is 0 Å². The molecular formula is C22H26N2O5. The topological polar surface area (TPSA) is 93.7 Å². The van der Waals surface area contributed by atoms with Gasteiger partial charge >= 0.3 is 5.97 Å². The number of anilines is 2. The van der Waals surface area contributed by atoms with E-state index in [2.05, 4.69) is 10.6 Å². The van der Waals surface area contributed by atoms with E-state index in [1.807, 2.05) is 31.2 Å². The van der Waals surface area contributed by atoms with Gasteiger partial charge in [-0.15, -0.1) is 0 Å². The number of benzene rings is 2. The minimum Gasteiger partial charge on any atom is -0.494 e. The Morgan fingerprint density at radius 2 is 1.59 bits per heavy atom.